The van der Waals surface area contributed by atoms with E-state index < -0.39 is 25.2 Å². The summed E-state index contributed by atoms with van der Waals surface area (Å²) in [7, 11) is -4.94. The fourth-order valence-corrected chi connectivity index (χ4v) is 15.6. The Morgan fingerprint density at radius 1 is 0.704 bits per heavy atom. The summed E-state index contributed by atoms with van der Waals surface area (Å²) in [5.74, 6) is 0.771. The van der Waals surface area contributed by atoms with Gasteiger partial charge in [0.15, 0.2) is 16.6 Å². The third kappa shape index (κ3) is 45.9. The summed E-state index contributed by atoms with van der Waals surface area (Å²) in [6.07, 6.45) is 1.77. The zero-order chi connectivity index (χ0) is 19.3. The van der Waals surface area contributed by atoms with Crippen LogP contribution in [-0.2, 0) is 27.4 Å². The van der Waals surface area contributed by atoms with Crippen molar-refractivity contribution in [2.45, 2.75) is 102 Å². The van der Waals surface area contributed by atoms with Crippen molar-refractivity contribution in [1.82, 2.24) is 0 Å². The maximum atomic E-state index is 8.12. The van der Waals surface area contributed by atoms with E-state index in [0.717, 1.165) is 5.92 Å². The van der Waals surface area contributed by atoms with Gasteiger partial charge in [-0.2, -0.15) is 19.2 Å². The molecule has 0 heterocycles. The van der Waals surface area contributed by atoms with Gasteiger partial charge in [0, 0.05) is 0 Å². The van der Waals surface area contributed by atoms with Crippen LogP contribution in [0, 0.1) is 5.92 Å². The first-order valence-electron chi connectivity index (χ1n) is 7.55. The summed E-state index contributed by atoms with van der Waals surface area (Å²) in [5, 5.41) is 0. The van der Waals surface area contributed by atoms with Crippen LogP contribution < -0.4 is 0 Å². The van der Waals surface area contributed by atoms with Crippen LogP contribution in [0.1, 0.15) is 50.0 Å². The fraction of sp³-hybridized carbons (Fsp3) is 0.889. The number of hydrogen-bond donors (Lipinski definition) is 0. The van der Waals surface area contributed by atoms with Gasteiger partial charge >= 0.3 is 20.9 Å². The molecule has 0 rings (SSSR count). The standard InChI is InChI=1S/C12H32O2Si3.2CO2.4CH4/c1-12(2)10-11-16(6,7)14-17(8,9)13-15(3,4)5;2*2-1-3;;;;/h12H,10-11H2,1-9H3;;;4*1H4. The lowest BCUT2D eigenvalue weighted by Crippen LogP contribution is -2.51. The smallest absolute Gasteiger partial charge is 0.373 e. The first-order valence-corrected chi connectivity index (χ1v) is 16.9. The zero-order valence-electron chi connectivity index (χ0n) is 15.9. The Bertz CT molecular complexity index is 367. The van der Waals surface area contributed by atoms with Gasteiger partial charge in [-0.25, -0.2) is 0 Å². The molecule has 9 heteroatoms. The molecule has 6 nitrogen and oxygen atoms in total. The van der Waals surface area contributed by atoms with Gasteiger partial charge in [0.2, 0.25) is 0 Å². The second-order valence-electron chi connectivity index (χ2n) is 7.58. The number of carbonyl (C=O) groups excluding carboxylic acids is 4. The van der Waals surface area contributed by atoms with Crippen molar-refractivity contribution in [3.8, 4) is 0 Å². The third-order valence-corrected chi connectivity index (χ3v) is 12.5. The van der Waals surface area contributed by atoms with Gasteiger partial charge in [0.25, 0.3) is 0 Å². The first-order chi connectivity index (χ1) is 10.2. The number of rotatable bonds is 7. The van der Waals surface area contributed by atoms with Crippen LogP contribution in [0.3, 0.4) is 0 Å². The summed E-state index contributed by atoms with van der Waals surface area (Å²) in [4.78, 5) is 32.5. The lowest BCUT2D eigenvalue weighted by Gasteiger charge is -2.37. The molecule has 0 saturated heterocycles. The molecule has 0 aromatic rings. The maximum Gasteiger partial charge on any atom is 0.373 e. The van der Waals surface area contributed by atoms with Crippen molar-refractivity contribution < 1.29 is 27.4 Å². The average Bonchev–Trinajstić information content (AvgIpc) is 2.23. The summed E-state index contributed by atoms with van der Waals surface area (Å²) >= 11 is 0. The maximum absolute atomic E-state index is 8.12. The average molecular weight is 445 g/mol. The topological polar surface area (TPSA) is 86.7 Å². The fourth-order valence-electron chi connectivity index (χ4n) is 2.11. The van der Waals surface area contributed by atoms with Crippen molar-refractivity contribution in [2.24, 2.45) is 5.92 Å². The summed E-state index contributed by atoms with van der Waals surface area (Å²) in [5.41, 5.74) is 0. The Kier molecular flexibility index (Phi) is 36.2. The van der Waals surface area contributed by atoms with Gasteiger partial charge in [-0.3, -0.25) is 0 Å². The molecule has 0 aromatic heterocycles. The molecule has 0 amide bonds. The zero-order valence-corrected chi connectivity index (χ0v) is 18.9. The second kappa shape index (κ2) is 21.6. The molecule has 0 fully saturated rings. The first kappa shape index (κ1) is 45.2. The van der Waals surface area contributed by atoms with Crippen LogP contribution in [0.2, 0.25) is 51.9 Å². The minimum Gasteiger partial charge on any atom is -0.437 e. The van der Waals surface area contributed by atoms with Crippen LogP contribution >= 0.6 is 0 Å². The molecule has 0 saturated carbocycles. The van der Waals surface area contributed by atoms with Crippen LogP contribution in [0.5, 0.6) is 0 Å². The van der Waals surface area contributed by atoms with Gasteiger partial charge in [0.05, 0.1) is 0 Å². The van der Waals surface area contributed by atoms with E-state index in [9.17, 15) is 0 Å². The van der Waals surface area contributed by atoms with E-state index in [1.165, 1.54) is 12.5 Å². The third-order valence-electron chi connectivity index (χ3n) is 2.40. The molecule has 0 radical (unpaired) electrons. The normalized spacial score (nSPS) is 9.70. The van der Waals surface area contributed by atoms with E-state index in [2.05, 4.69) is 59.7 Å². The highest BCUT2D eigenvalue weighted by molar-refractivity contribution is 6.87. The molecule has 0 aliphatic rings. The Balaban J connectivity index is -0.0000000707. The quantitative estimate of drug-likeness (QED) is 0.435. The molecule has 0 aliphatic heterocycles. The van der Waals surface area contributed by atoms with E-state index in [4.69, 9.17) is 27.4 Å². The van der Waals surface area contributed by atoms with E-state index in [1.807, 2.05) is 0 Å². The Labute approximate surface area is 172 Å². The lowest BCUT2D eigenvalue weighted by molar-refractivity contribution is -0.193. The molecule has 0 atom stereocenters. The van der Waals surface area contributed by atoms with Crippen molar-refractivity contribution in [1.29, 1.82) is 0 Å². The van der Waals surface area contributed by atoms with E-state index in [0.29, 0.717) is 0 Å². The van der Waals surface area contributed by atoms with E-state index in [-0.39, 0.29) is 42.0 Å². The highest BCUT2D eigenvalue weighted by Crippen LogP contribution is 2.24. The molecule has 0 unspecified atom stereocenters. The summed E-state index contributed by atoms with van der Waals surface area (Å²) in [6.45, 7) is 20.4. The molecule has 0 spiro atoms. The van der Waals surface area contributed by atoms with Crippen LogP contribution in [0.15, 0.2) is 0 Å². The van der Waals surface area contributed by atoms with Crippen molar-refractivity contribution in [3.05, 3.63) is 0 Å². The highest BCUT2D eigenvalue weighted by Gasteiger charge is 2.37. The van der Waals surface area contributed by atoms with Crippen LogP contribution in [0.4, 0.5) is 0 Å². The number of hydrogen-bond acceptors (Lipinski definition) is 6. The van der Waals surface area contributed by atoms with Gasteiger partial charge in [-0.05, 0) is 57.8 Å². The van der Waals surface area contributed by atoms with Crippen LogP contribution in [0.25, 0.3) is 0 Å². The molecule has 168 valence electrons. The second-order valence-corrected chi connectivity index (χ2v) is 20.3. The van der Waals surface area contributed by atoms with Crippen molar-refractivity contribution in [2.75, 3.05) is 0 Å². The van der Waals surface area contributed by atoms with Crippen molar-refractivity contribution in [3.63, 3.8) is 0 Å². The Morgan fingerprint density at radius 2 is 1.00 bits per heavy atom. The van der Waals surface area contributed by atoms with Gasteiger partial charge < -0.3 is 8.23 Å². The monoisotopic (exact) mass is 444 g/mol. The minimum atomic E-state index is -1.92. The molecular formula is C18H48O6Si3. The van der Waals surface area contributed by atoms with Gasteiger partial charge in [-0.15, -0.1) is 0 Å². The minimum absolute atomic E-state index is 0. The summed E-state index contributed by atoms with van der Waals surface area (Å²) < 4.78 is 12.7. The van der Waals surface area contributed by atoms with Crippen molar-refractivity contribution >= 4 is 37.5 Å². The molecular weight excluding hydrogens is 396 g/mol. The predicted molar refractivity (Wildman–Crippen MR) is 122 cm³/mol. The van der Waals surface area contributed by atoms with E-state index in [1.54, 1.807) is 0 Å². The summed E-state index contributed by atoms with van der Waals surface area (Å²) in [6, 6.07) is 1.25. The lowest BCUT2D eigenvalue weighted by atomic mass is 10.2. The molecule has 0 bridgehead atoms. The predicted octanol–water partition coefficient (Wildman–Crippen LogP) is 6.18. The van der Waals surface area contributed by atoms with Gasteiger partial charge in [0.1, 0.15) is 0 Å². The van der Waals surface area contributed by atoms with Crippen LogP contribution in [-0.4, -0.2) is 37.5 Å². The molecule has 27 heavy (non-hydrogen) atoms. The molecule has 0 N–H and O–H groups in total. The van der Waals surface area contributed by atoms with E-state index >= 15 is 0 Å². The highest BCUT2D eigenvalue weighted by atomic mass is 28.5. The van der Waals surface area contributed by atoms with Gasteiger partial charge in [-0.1, -0.05) is 50.0 Å². The Morgan fingerprint density at radius 3 is 1.22 bits per heavy atom. The molecule has 0 aromatic carbocycles. The SMILES string of the molecule is C.C.C.C.CC(C)CC[Si](C)(C)O[Si](C)(C)O[Si](C)(C)C.O=C=O.O=C=O. The molecule has 0 aliphatic carbocycles. The largest absolute Gasteiger partial charge is 0.437 e. The Hall–Kier alpha value is -0.669.